The maximum Gasteiger partial charge on any atom is 0.410 e. The molecule has 4 aromatic rings. The number of anilines is 1. The van der Waals surface area contributed by atoms with Gasteiger partial charge in [-0.3, -0.25) is 9.89 Å². The van der Waals surface area contributed by atoms with Crippen molar-refractivity contribution in [2.45, 2.75) is 32.8 Å². The van der Waals surface area contributed by atoms with Gasteiger partial charge in [0, 0.05) is 49.4 Å². The molecule has 4 heterocycles. The second-order valence-electron chi connectivity index (χ2n) is 11.5. The average Bonchev–Trinajstić information content (AvgIpc) is 3.52. The normalized spacial score (nSPS) is 16.4. The molecule has 2 aliphatic heterocycles. The van der Waals surface area contributed by atoms with Crippen LogP contribution in [0.25, 0.3) is 33.5 Å². The summed E-state index contributed by atoms with van der Waals surface area (Å²) in [5, 5.41) is 11.4. The number of imidazole rings is 1. The van der Waals surface area contributed by atoms with Crippen LogP contribution in [0, 0.1) is 5.92 Å². The van der Waals surface area contributed by atoms with Crippen molar-refractivity contribution in [1.82, 2.24) is 30.4 Å². The van der Waals surface area contributed by atoms with Crippen LogP contribution >= 0.6 is 0 Å². The molecule has 2 saturated heterocycles. The molecule has 0 unspecified atom stereocenters. The van der Waals surface area contributed by atoms with Gasteiger partial charge in [0.1, 0.15) is 11.3 Å². The lowest BCUT2D eigenvalue weighted by Gasteiger charge is -2.39. The summed E-state index contributed by atoms with van der Waals surface area (Å²) in [7, 11) is 0. The Hall–Kier alpha value is -4.12. The summed E-state index contributed by atoms with van der Waals surface area (Å²) in [5.74, 6) is 0.863. The zero-order valence-electron chi connectivity index (χ0n) is 23.1. The highest BCUT2D eigenvalue weighted by Gasteiger charge is 2.33. The summed E-state index contributed by atoms with van der Waals surface area (Å²) < 4.78 is 10.9. The Morgan fingerprint density at radius 2 is 1.90 bits per heavy atom. The van der Waals surface area contributed by atoms with Gasteiger partial charge in [0.25, 0.3) is 5.91 Å². The predicted molar refractivity (Wildman–Crippen MR) is 152 cm³/mol. The average molecular weight is 546 g/mol. The van der Waals surface area contributed by atoms with E-state index < -0.39 is 5.60 Å². The Balaban J connectivity index is 1.09. The van der Waals surface area contributed by atoms with Crippen LogP contribution in [0.4, 0.5) is 10.5 Å². The number of carbonyl (C=O) groups excluding carboxylic acids is 2. The lowest BCUT2D eigenvalue weighted by Crippen LogP contribution is -2.52. The molecule has 2 amide bonds. The molecule has 0 radical (unpaired) electrons. The fraction of sp³-hybridized carbons (Fsp3) is 0.448. The Bertz CT molecular complexity index is 1540. The zero-order chi connectivity index (χ0) is 27.9. The van der Waals surface area contributed by atoms with E-state index in [1.165, 1.54) is 0 Å². The van der Waals surface area contributed by atoms with Crippen molar-refractivity contribution in [3.63, 3.8) is 0 Å². The van der Waals surface area contributed by atoms with E-state index in [4.69, 9.17) is 14.5 Å². The molecule has 6 rings (SSSR count). The smallest absolute Gasteiger partial charge is 0.410 e. The van der Waals surface area contributed by atoms with Crippen LogP contribution in [0.15, 0.2) is 36.4 Å². The highest BCUT2D eigenvalue weighted by atomic mass is 16.6. The number of hydrogen-bond acceptors (Lipinski definition) is 7. The van der Waals surface area contributed by atoms with Gasteiger partial charge in [0.15, 0.2) is 5.82 Å². The third-order valence-corrected chi connectivity index (χ3v) is 7.34. The molecule has 0 atom stereocenters. The van der Waals surface area contributed by atoms with E-state index >= 15 is 0 Å². The highest BCUT2D eigenvalue weighted by Crippen LogP contribution is 2.29. The third-order valence-electron chi connectivity index (χ3n) is 7.34. The Morgan fingerprint density at radius 1 is 1.10 bits per heavy atom. The molecule has 2 aromatic heterocycles. The van der Waals surface area contributed by atoms with Crippen LogP contribution < -0.4 is 10.2 Å². The molecule has 2 aromatic carbocycles. The van der Waals surface area contributed by atoms with Crippen molar-refractivity contribution in [1.29, 1.82) is 0 Å². The summed E-state index contributed by atoms with van der Waals surface area (Å²) in [5.41, 5.74) is 4.50. The van der Waals surface area contributed by atoms with Gasteiger partial charge >= 0.3 is 6.09 Å². The first kappa shape index (κ1) is 26.1. The first-order valence-electron chi connectivity index (χ1n) is 13.8. The monoisotopic (exact) mass is 545 g/mol. The summed E-state index contributed by atoms with van der Waals surface area (Å²) >= 11 is 0. The second-order valence-corrected chi connectivity index (χ2v) is 11.5. The van der Waals surface area contributed by atoms with Gasteiger partial charge < -0.3 is 29.6 Å². The van der Waals surface area contributed by atoms with Crippen molar-refractivity contribution in [3.05, 3.63) is 42.0 Å². The van der Waals surface area contributed by atoms with E-state index in [1.807, 2.05) is 39.0 Å². The van der Waals surface area contributed by atoms with Gasteiger partial charge in [-0.1, -0.05) is 0 Å². The second kappa shape index (κ2) is 10.5. The lowest BCUT2D eigenvalue weighted by molar-refractivity contribution is -0.00206. The zero-order valence-corrected chi connectivity index (χ0v) is 23.1. The number of hydrogen-bond donors (Lipinski definition) is 3. The SMILES string of the molecule is CC(C)(C)OC(=O)N1CC(CCNC(=O)c2ccc3[nH]nc(-c4nc5ccc(N6CCOCC6)cc5[nH]4)c3c2)C1. The molecule has 0 bridgehead atoms. The van der Waals surface area contributed by atoms with Crippen molar-refractivity contribution in [3.8, 4) is 11.5 Å². The number of fused-ring (bicyclic) bond motifs is 2. The molecule has 11 heteroatoms. The van der Waals surface area contributed by atoms with E-state index in [0.29, 0.717) is 42.6 Å². The van der Waals surface area contributed by atoms with Crippen molar-refractivity contribution in [2.75, 3.05) is 50.8 Å². The molecule has 40 heavy (non-hydrogen) atoms. The molecule has 0 saturated carbocycles. The van der Waals surface area contributed by atoms with Crippen LogP contribution in [0.2, 0.25) is 0 Å². The number of nitrogens with zero attached hydrogens (tertiary/aromatic N) is 4. The van der Waals surface area contributed by atoms with Gasteiger partial charge in [0.2, 0.25) is 0 Å². The third kappa shape index (κ3) is 5.46. The fourth-order valence-electron chi connectivity index (χ4n) is 5.18. The first-order valence-corrected chi connectivity index (χ1v) is 13.8. The molecule has 0 spiro atoms. The summed E-state index contributed by atoms with van der Waals surface area (Å²) in [4.78, 5) is 37.2. The highest BCUT2D eigenvalue weighted by molar-refractivity contribution is 6.01. The van der Waals surface area contributed by atoms with Crippen LogP contribution in [0.5, 0.6) is 0 Å². The van der Waals surface area contributed by atoms with Gasteiger partial charge in [-0.2, -0.15) is 5.10 Å². The molecular weight excluding hydrogens is 510 g/mol. The van der Waals surface area contributed by atoms with Crippen LogP contribution in [0.1, 0.15) is 37.6 Å². The largest absolute Gasteiger partial charge is 0.444 e. The number of ether oxygens (including phenoxy) is 2. The molecule has 2 fully saturated rings. The number of aromatic nitrogens is 4. The minimum atomic E-state index is -0.497. The Kier molecular flexibility index (Phi) is 6.83. The Morgan fingerprint density at radius 3 is 2.67 bits per heavy atom. The van der Waals surface area contributed by atoms with E-state index in [1.54, 1.807) is 11.0 Å². The molecule has 3 N–H and O–H groups in total. The maximum atomic E-state index is 12.9. The van der Waals surface area contributed by atoms with Crippen LogP contribution in [0.3, 0.4) is 0 Å². The number of nitrogens with one attached hydrogen (secondary N) is 3. The topological polar surface area (TPSA) is 128 Å². The van der Waals surface area contributed by atoms with Gasteiger partial charge in [-0.25, -0.2) is 9.78 Å². The van der Waals surface area contributed by atoms with Crippen molar-refractivity contribution in [2.24, 2.45) is 5.92 Å². The lowest BCUT2D eigenvalue weighted by atomic mass is 9.97. The van der Waals surface area contributed by atoms with Crippen molar-refractivity contribution >= 4 is 39.6 Å². The van der Waals surface area contributed by atoms with E-state index in [-0.39, 0.29) is 12.0 Å². The van der Waals surface area contributed by atoms with Crippen molar-refractivity contribution < 1.29 is 19.1 Å². The first-order chi connectivity index (χ1) is 19.2. The number of aromatic amines is 2. The number of morpholine rings is 1. The standard InChI is InChI=1S/C29H35N7O4/c1-29(2,3)40-28(38)36-16-18(17-36)8-9-30-27(37)19-4-6-22-21(14-19)25(34-33-22)26-31-23-7-5-20(15-24(23)32-26)35-10-12-39-13-11-35/h4-7,14-15,18H,8-13,16-17H2,1-3H3,(H,30,37)(H,31,32)(H,33,34). The van der Waals surface area contributed by atoms with E-state index in [2.05, 4.69) is 37.5 Å². The molecule has 2 aliphatic rings. The maximum absolute atomic E-state index is 12.9. The van der Waals surface area contributed by atoms with Crippen LogP contribution in [-0.4, -0.2) is 88.6 Å². The van der Waals surface area contributed by atoms with Crippen LogP contribution in [-0.2, 0) is 9.47 Å². The minimum Gasteiger partial charge on any atom is -0.444 e. The van der Waals surface area contributed by atoms with Gasteiger partial charge in [-0.05, 0) is 69.5 Å². The summed E-state index contributed by atoms with van der Waals surface area (Å²) in [6.45, 7) is 10.6. The number of benzene rings is 2. The van der Waals surface area contributed by atoms with E-state index in [0.717, 1.165) is 60.3 Å². The minimum absolute atomic E-state index is 0.142. The quantitative estimate of drug-likeness (QED) is 0.335. The number of H-pyrrole nitrogens is 2. The number of carbonyl (C=O) groups is 2. The molecule has 0 aliphatic carbocycles. The summed E-state index contributed by atoms with van der Waals surface area (Å²) in [6.07, 6.45) is 0.523. The number of likely N-dealkylation sites (tertiary alicyclic amines) is 1. The van der Waals surface area contributed by atoms with Gasteiger partial charge in [-0.15, -0.1) is 0 Å². The number of rotatable bonds is 6. The van der Waals surface area contributed by atoms with Gasteiger partial charge in [0.05, 0.1) is 29.8 Å². The molecular formula is C29H35N7O4. The molecule has 210 valence electrons. The molecule has 11 nitrogen and oxygen atoms in total. The predicted octanol–water partition coefficient (Wildman–Crippen LogP) is 3.93. The summed E-state index contributed by atoms with van der Waals surface area (Å²) in [6, 6.07) is 11.7. The fourth-order valence-corrected chi connectivity index (χ4v) is 5.18. The van der Waals surface area contributed by atoms with E-state index in [9.17, 15) is 9.59 Å². The number of amides is 2. The Labute approximate surface area is 232 Å².